The Labute approximate surface area is 159 Å². The van der Waals surface area contributed by atoms with Gasteiger partial charge in [-0.25, -0.2) is 18.1 Å². The van der Waals surface area contributed by atoms with E-state index in [1.165, 1.54) is 12.1 Å². The van der Waals surface area contributed by atoms with Gasteiger partial charge in [-0.3, -0.25) is 0 Å². The monoisotopic (exact) mass is 397 g/mol. The van der Waals surface area contributed by atoms with Crippen LogP contribution in [0.5, 0.6) is 0 Å². The number of aromatic nitrogens is 2. The lowest BCUT2D eigenvalue weighted by Crippen LogP contribution is -2.24. The summed E-state index contributed by atoms with van der Waals surface area (Å²) >= 11 is 5.77. The van der Waals surface area contributed by atoms with Gasteiger partial charge in [0.05, 0.1) is 11.2 Å². The predicted molar refractivity (Wildman–Crippen MR) is 102 cm³/mol. The minimum absolute atomic E-state index is 0.0198. The molecule has 8 heteroatoms. The highest BCUT2D eigenvalue weighted by atomic mass is 35.5. The van der Waals surface area contributed by atoms with Crippen LogP contribution in [-0.2, 0) is 21.4 Å². The highest BCUT2D eigenvalue weighted by molar-refractivity contribution is 7.89. The molecule has 6 nitrogen and oxygen atoms in total. The normalized spacial score (nSPS) is 12.8. The summed E-state index contributed by atoms with van der Waals surface area (Å²) in [5, 5.41) is 0.497. The zero-order valence-corrected chi connectivity index (χ0v) is 16.1. The van der Waals surface area contributed by atoms with E-state index in [2.05, 4.69) is 9.71 Å². The molecule has 26 heavy (non-hydrogen) atoms. The first kappa shape index (κ1) is 20.6. The Hall–Kier alpha value is -1.70. The van der Waals surface area contributed by atoms with Crippen LogP contribution in [0.4, 0.5) is 0 Å². The van der Waals surface area contributed by atoms with Crippen molar-refractivity contribution in [3.05, 3.63) is 48.0 Å². The van der Waals surface area contributed by atoms with Gasteiger partial charge in [-0.05, 0) is 49.9 Å². The Morgan fingerprint density at radius 3 is 2.54 bits per heavy atom. The SMILES string of the molecule is O=CC(CCCCNS(=O)(=O)c1ccc(Cl)cc1)CCCn1ccnc1. The Morgan fingerprint density at radius 1 is 1.15 bits per heavy atom. The predicted octanol–water partition coefficient (Wildman–Crippen LogP) is 3.28. The number of nitrogens with zero attached hydrogens (tertiary/aromatic N) is 2. The molecule has 1 atom stereocenters. The summed E-state index contributed by atoms with van der Waals surface area (Å²) in [7, 11) is -3.51. The van der Waals surface area contributed by atoms with Crippen LogP contribution in [0, 0.1) is 5.92 Å². The van der Waals surface area contributed by atoms with Crippen molar-refractivity contribution in [2.75, 3.05) is 6.54 Å². The average Bonchev–Trinajstić information content (AvgIpc) is 3.13. The van der Waals surface area contributed by atoms with Crippen LogP contribution in [0.3, 0.4) is 0 Å². The molecule has 142 valence electrons. The van der Waals surface area contributed by atoms with Crippen LogP contribution >= 0.6 is 11.6 Å². The number of unbranched alkanes of at least 4 members (excludes halogenated alkanes) is 1. The summed E-state index contributed by atoms with van der Waals surface area (Å²) in [6.45, 7) is 1.21. The van der Waals surface area contributed by atoms with E-state index < -0.39 is 10.0 Å². The van der Waals surface area contributed by atoms with E-state index in [1.807, 2.05) is 10.8 Å². The molecule has 0 aliphatic carbocycles. The second-order valence-electron chi connectivity index (χ2n) is 6.19. The molecule has 0 aliphatic rings. The maximum Gasteiger partial charge on any atom is 0.240 e. The molecule has 0 spiro atoms. The Bertz CT molecular complexity index is 761. The van der Waals surface area contributed by atoms with Crippen LogP contribution in [-0.4, -0.2) is 30.8 Å². The molecule has 2 aromatic rings. The first-order valence-corrected chi connectivity index (χ1v) is 10.5. The second kappa shape index (κ2) is 10.4. The van der Waals surface area contributed by atoms with Gasteiger partial charge in [0.1, 0.15) is 6.29 Å². The first-order valence-electron chi connectivity index (χ1n) is 8.67. The third-order valence-electron chi connectivity index (χ3n) is 4.16. The number of rotatable bonds is 12. The lowest BCUT2D eigenvalue weighted by Gasteiger charge is -2.11. The number of benzene rings is 1. The van der Waals surface area contributed by atoms with E-state index in [-0.39, 0.29) is 10.8 Å². The van der Waals surface area contributed by atoms with Crippen molar-refractivity contribution in [2.45, 2.75) is 43.5 Å². The smallest absolute Gasteiger partial charge is 0.240 e. The van der Waals surface area contributed by atoms with Crippen molar-refractivity contribution in [2.24, 2.45) is 5.92 Å². The summed E-state index contributed by atoms with van der Waals surface area (Å²) in [4.78, 5) is 15.4. The van der Waals surface area contributed by atoms with Crippen LogP contribution in [0.25, 0.3) is 0 Å². The number of imidazole rings is 1. The van der Waals surface area contributed by atoms with Gasteiger partial charge >= 0.3 is 0 Å². The number of halogens is 1. The van der Waals surface area contributed by atoms with Crippen molar-refractivity contribution in [3.8, 4) is 0 Å². The Kier molecular flexibility index (Phi) is 8.28. The fraction of sp³-hybridized carbons (Fsp3) is 0.444. The third-order valence-corrected chi connectivity index (χ3v) is 5.89. The van der Waals surface area contributed by atoms with Gasteiger partial charge in [0.15, 0.2) is 0 Å². The van der Waals surface area contributed by atoms with Crippen LogP contribution < -0.4 is 4.72 Å². The molecule has 0 bridgehead atoms. The Balaban J connectivity index is 1.63. The maximum atomic E-state index is 12.1. The van der Waals surface area contributed by atoms with Crippen molar-refractivity contribution in [3.63, 3.8) is 0 Å². The molecule has 1 heterocycles. The highest BCUT2D eigenvalue weighted by Gasteiger charge is 2.13. The van der Waals surface area contributed by atoms with Gasteiger partial charge < -0.3 is 9.36 Å². The topological polar surface area (TPSA) is 81.1 Å². The summed E-state index contributed by atoms with van der Waals surface area (Å²) in [6.07, 6.45) is 10.4. The van der Waals surface area contributed by atoms with Crippen LogP contribution in [0.1, 0.15) is 32.1 Å². The molecule has 0 radical (unpaired) electrons. The van der Waals surface area contributed by atoms with E-state index in [0.717, 1.165) is 38.5 Å². The summed E-state index contributed by atoms with van der Waals surface area (Å²) in [5.74, 6) is 0.0198. The van der Waals surface area contributed by atoms with E-state index >= 15 is 0 Å². The number of carbonyl (C=O) groups excluding carboxylic acids is 1. The number of hydrogen-bond acceptors (Lipinski definition) is 4. The molecule has 1 N–H and O–H groups in total. The lowest BCUT2D eigenvalue weighted by molar-refractivity contribution is -0.111. The van der Waals surface area contributed by atoms with Crippen molar-refractivity contribution in [1.82, 2.24) is 14.3 Å². The van der Waals surface area contributed by atoms with Crippen molar-refractivity contribution >= 4 is 27.9 Å². The zero-order chi connectivity index (χ0) is 18.8. The number of sulfonamides is 1. The van der Waals surface area contributed by atoms with E-state index in [4.69, 9.17) is 11.6 Å². The molecule has 0 amide bonds. The fourth-order valence-corrected chi connectivity index (χ4v) is 3.87. The highest BCUT2D eigenvalue weighted by Crippen LogP contribution is 2.15. The van der Waals surface area contributed by atoms with Crippen molar-refractivity contribution < 1.29 is 13.2 Å². The molecule has 0 fully saturated rings. The van der Waals surface area contributed by atoms with E-state index in [9.17, 15) is 13.2 Å². The second-order valence-corrected chi connectivity index (χ2v) is 8.39. The molecule has 2 rings (SSSR count). The summed E-state index contributed by atoms with van der Waals surface area (Å²) in [6, 6.07) is 6.06. The van der Waals surface area contributed by atoms with Crippen molar-refractivity contribution in [1.29, 1.82) is 0 Å². The molecular weight excluding hydrogens is 374 g/mol. The largest absolute Gasteiger partial charge is 0.337 e. The standard InChI is InChI=1S/C18H24ClN3O3S/c19-17-6-8-18(9-7-17)26(24,25)21-10-2-1-4-16(14-23)5-3-12-22-13-11-20-15-22/h6-9,11,13-16,21H,1-5,10,12H2. The fourth-order valence-electron chi connectivity index (χ4n) is 2.67. The Morgan fingerprint density at radius 2 is 1.88 bits per heavy atom. The zero-order valence-electron chi connectivity index (χ0n) is 14.6. The molecular formula is C18H24ClN3O3S. The van der Waals surface area contributed by atoms with Gasteiger partial charge in [0, 0.05) is 36.4 Å². The number of aldehydes is 1. The molecule has 1 unspecified atom stereocenters. The minimum atomic E-state index is -3.51. The molecule has 1 aromatic carbocycles. The van der Waals surface area contributed by atoms with Gasteiger partial charge in [0.2, 0.25) is 10.0 Å². The average molecular weight is 398 g/mol. The van der Waals surface area contributed by atoms with Gasteiger partial charge in [-0.2, -0.15) is 0 Å². The van der Waals surface area contributed by atoms with Crippen LogP contribution in [0.15, 0.2) is 47.9 Å². The number of carbonyl (C=O) groups is 1. The molecule has 1 aromatic heterocycles. The van der Waals surface area contributed by atoms with Gasteiger partial charge in [-0.1, -0.05) is 18.0 Å². The van der Waals surface area contributed by atoms with E-state index in [0.29, 0.717) is 18.0 Å². The summed E-state index contributed by atoms with van der Waals surface area (Å²) < 4.78 is 28.8. The molecule has 0 saturated heterocycles. The van der Waals surface area contributed by atoms with E-state index in [1.54, 1.807) is 24.7 Å². The maximum absolute atomic E-state index is 12.1. The molecule has 0 aliphatic heterocycles. The van der Waals surface area contributed by atoms with Gasteiger partial charge in [-0.15, -0.1) is 0 Å². The quantitative estimate of drug-likeness (QED) is 0.440. The number of nitrogens with one attached hydrogen (secondary N) is 1. The lowest BCUT2D eigenvalue weighted by atomic mass is 9.98. The minimum Gasteiger partial charge on any atom is -0.337 e. The van der Waals surface area contributed by atoms with Gasteiger partial charge in [0.25, 0.3) is 0 Å². The number of hydrogen-bond donors (Lipinski definition) is 1. The third kappa shape index (κ3) is 6.90. The number of aryl methyl sites for hydroxylation is 1. The van der Waals surface area contributed by atoms with Crippen LogP contribution in [0.2, 0.25) is 5.02 Å². The first-order chi connectivity index (χ1) is 12.5. The summed E-state index contributed by atoms with van der Waals surface area (Å²) in [5.41, 5.74) is 0. The molecule has 0 saturated carbocycles.